The minimum Gasteiger partial charge on any atom is -0.497 e. The second-order valence-electron chi connectivity index (χ2n) is 5.43. The van der Waals surface area contributed by atoms with Crippen molar-refractivity contribution in [3.05, 3.63) is 24.3 Å². The maximum Gasteiger partial charge on any atom is 0.119 e. The zero-order valence-electron chi connectivity index (χ0n) is 13.4. The van der Waals surface area contributed by atoms with Crippen LogP contribution in [0.25, 0.3) is 0 Å². The topological polar surface area (TPSA) is 38.7 Å². The van der Waals surface area contributed by atoms with Crippen molar-refractivity contribution in [1.29, 1.82) is 0 Å². The molecule has 0 bridgehead atoms. The summed E-state index contributed by atoms with van der Waals surface area (Å²) in [7, 11) is 1.67. The minimum atomic E-state index is 0.341. The van der Waals surface area contributed by atoms with Gasteiger partial charge >= 0.3 is 0 Å². The van der Waals surface area contributed by atoms with E-state index >= 15 is 0 Å². The summed E-state index contributed by atoms with van der Waals surface area (Å²) < 4.78 is 10.8. The maximum absolute atomic E-state index is 8.68. The molecule has 0 saturated carbocycles. The molecule has 0 heterocycles. The molecule has 0 aliphatic carbocycles. The predicted molar refractivity (Wildman–Crippen MR) is 87.1 cm³/mol. The van der Waals surface area contributed by atoms with E-state index in [1.807, 2.05) is 24.3 Å². The van der Waals surface area contributed by atoms with E-state index < -0.39 is 0 Å². The predicted octanol–water partition coefficient (Wildman–Crippen LogP) is 4.58. The van der Waals surface area contributed by atoms with Crippen LogP contribution in [0.2, 0.25) is 0 Å². The van der Waals surface area contributed by atoms with Crippen LogP contribution in [0.15, 0.2) is 24.3 Å². The fourth-order valence-electron chi connectivity index (χ4n) is 2.31. The van der Waals surface area contributed by atoms with E-state index in [2.05, 4.69) is 0 Å². The molecular formula is C18H30O3. The second kappa shape index (κ2) is 12.5. The van der Waals surface area contributed by atoms with Crippen LogP contribution in [0.5, 0.6) is 11.5 Å². The third-order valence-corrected chi connectivity index (χ3v) is 3.63. The monoisotopic (exact) mass is 294 g/mol. The zero-order chi connectivity index (χ0) is 15.2. The Labute approximate surface area is 129 Å². The summed E-state index contributed by atoms with van der Waals surface area (Å²) in [6, 6.07) is 7.74. The first-order valence-corrected chi connectivity index (χ1v) is 8.24. The van der Waals surface area contributed by atoms with Gasteiger partial charge in [-0.25, -0.2) is 0 Å². The van der Waals surface area contributed by atoms with Gasteiger partial charge in [0.2, 0.25) is 0 Å². The Kier molecular flexibility index (Phi) is 10.6. The third-order valence-electron chi connectivity index (χ3n) is 3.63. The van der Waals surface area contributed by atoms with Gasteiger partial charge in [-0.1, -0.05) is 44.9 Å². The van der Waals surface area contributed by atoms with Crippen molar-refractivity contribution in [3.63, 3.8) is 0 Å². The van der Waals surface area contributed by atoms with Gasteiger partial charge in [0.15, 0.2) is 0 Å². The van der Waals surface area contributed by atoms with Gasteiger partial charge in [-0.2, -0.15) is 0 Å². The van der Waals surface area contributed by atoms with E-state index in [4.69, 9.17) is 14.6 Å². The van der Waals surface area contributed by atoms with E-state index in [-0.39, 0.29) is 0 Å². The summed E-state index contributed by atoms with van der Waals surface area (Å²) in [6.45, 7) is 1.14. The average Bonchev–Trinajstić information content (AvgIpc) is 2.53. The van der Waals surface area contributed by atoms with Gasteiger partial charge in [-0.3, -0.25) is 0 Å². The molecule has 0 saturated heterocycles. The molecule has 120 valence electrons. The highest BCUT2D eigenvalue weighted by Crippen LogP contribution is 2.17. The molecule has 1 aromatic carbocycles. The van der Waals surface area contributed by atoms with Crippen molar-refractivity contribution in [2.24, 2.45) is 0 Å². The molecule has 21 heavy (non-hydrogen) atoms. The van der Waals surface area contributed by atoms with Crippen LogP contribution < -0.4 is 9.47 Å². The van der Waals surface area contributed by atoms with Crippen molar-refractivity contribution in [3.8, 4) is 11.5 Å². The van der Waals surface area contributed by atoms with Gasteiger partial charge in [-0.05, 0) is 37.1 Å². The lowest BCUT2D eigenvalue weighted by Gasteiger charge is -2.07. The van der Waals surface area contributed by atoms with Crippen molar-refractivity contribution >= 4 is 0 Å². The molecule has 0 unspecified atom stereocenters. The molecule has 1 rings (SSSR count). The summed E-state index contributed by atoms with van der Waals surface area (Å²) in [5.41, 5.74) is 0. The van der Waals surface area contributed by atoms with Crippen LogP contribution in [0.3, 0.4) is 0 Å². The Morgan fingerprint density at radius 2 is 1.19 bits per heavy atom. The van der Waals surface area contributed by atoms with Crippen LogP contribution in [0, 0.1) is 0 Å². The van der Waals surface area contributed by atoms with Crippen molar-refractivity contribution in [2.45, 2.75) is 57.8 Å². The Hall–Kier alpha value is -1.22. The number of unbranched alkanes of at least 4 members (excludes halogenated alkanes) is 8. The van der Waals surface area contributed by atoms with Crippen molar-refractivity contribution in [2.75, 3.05) is 20.3 Å². The molecule has 1 N–H and O–H groups in total. The number of aliphatic hydroxyl groups excluding tert-OH is 1. The summed E-state index contributed by atoms with van der Waals surface area (Å²) in [6.07, 6.45) is 11.0. The van der Waals surface area contributed by atoms with Gasteiger partial charge in [0.25, 0.3) is 0 Å². The van der Waals surface area contributed by atoms with E-state index in [1.54, 1.807) is 7.11 Å². The number of rotatable bonds is 13. The van der Waals surface area contributed by atoms with Crippen LogP contribution >= 0.6 is 0 Å². The van der Waals surface area contributed by atoms with E-state index in [0.717, 1.165) is 30.9 Å². The van der Waals surface area contributed by atoms with Gasteiger partial charge in [-0.15, -0.1) is 0 Å². The lowest BCUT2D eigenvalue weighted by Crippen LogP contribution is -1.97. The van der Waals surface area contributed by atoms with Crippen LogP contribution in [0.1, 0.15) is 57.8 Å². The largest absolute Gasteiger partial charge is 0.497 e. The number of benzene rings is 1. The van der Waals surface area contributed by atoms with E-state index in [9.17, 15) is 0 Å². The smallest absolute Gasteiger partial charge is 0.119 e. The molecule has 3 nitrogen and oxygen atoms in total. The van der Waals surface area contributed by atoms with Crippen molar-refractivity contribution < 1.29 is 14.6 Å². The molecule has 0 aliphatic rings. The second-order valence-corrected chi connectivity index (χ2v) is 5.43. The average molecular weight is 294 g/mol. The molecule has 1 aromatic rings. The summed E-state index contributed by atoms with van der Waals surface area (Å²) in [5.74, 6) is 1.78. The highest BCUT2D eigenvalue weighted by atomic mass is 16.5. The fourth-order valence-corrected chi connectivity index (χ4v) is 2.31. The normalized spacial score (nSPS) is 10.6. The molecule has 0 atom stereocenters. The molecule has 0 fully saturated rings. The molecular weight excluding hydrogens is 264 g/mol. The first kappa shape index (κ1) is 17.8. The summed E-state index contributed by atoms with van der Waals surface area (Å²) in [4.78, 5) is 0. The number of hydrogen-bond acceptors (Lipinski definition) is 3. The number of ether oxygens (including phenoxy) is 2. The first-order chi connectivity index (χ1) is 10.4. The molecule has 0 aliphatic heterocycles. The quantitative estimate of drug-likeness (QED) is 0.541. The van der Waals surface area contributed by atoms with E-state index in [1.165, 1.54) is 44.9 Å². The summed E-state index contributed by atoms with van der Waals surface area (Å²) >= 11 is 0. The highest BCUT2D eigenvalue weighted by molar-refractivity contribution is 5.31. The third kappa shape index (κ3) is 9.35. The molecule has 3 heteroatoms. The standard InChI is InChI=1S/C18H30O3/c1-20-17-11-13-18(14-12-17)21-16-10-8-6-4-2-3-5-7-9-15-19/h11-14,19H,2-10,15-16H2,1H3. The van der Waals surface area contributed by atoms with E-state index in [0.29, 0.717) is 6.61 Å². The zero-order valence-corrected chi connectivity index (χ0v) is 13.4. The number of aliphatic hydroxyl groups is 1. The molecule has 0 spiro atoms. The Balaban J connectivity index is 1.88. The molecule has 0 amide bonds. The van der Waals surface area contributed by atoms with Gasteiger partial charge in [0.1, 0.15) is 11.5 Å². The summed E-state index contributed by atoms with van der Waals surface area (Å²) in [5, 5.41) is 8.68. The van der Waals surface area contributed by atoms with Crippen LogP contribution in [-0.4, -0.2) is 25.4 Å². The van der Waals surface area contributed by atoms with Crippen LogP contribution in [-0.2, 0) is 0 Å². The number of hydrogen-bond donors (Lipinski definition) is 1. The Bertz CT molecular complexity index is 335. The highest BCUT2D eigenvalue weighted by Gasteiger charge is 1.96. The van der Waals surface area contributed by atoms with Crippen LogP contribution in [0.4, 0.5) is 0 Å². The van der Waals surface area contributed by atoms with Crippen molar-refractivity contribution in [1.82, 2.24) is 0 Å². The molecule has 0 radical (unpaired) electrons. The van der Waals surface area contributed by atoms with Gasteiger partial charge in [0.05, 0.1) is 13.7 Å². The SMILES string of the molecule is COc1ccc(OCCCCCCCCCCCO)cc1. The minimum absolute atomic E-state index is 0.341. The van der Waals surface area contributed by atoms with Gasteiger partial charge in [0, 0.05) is 6.61 Å². The first-order valence-electron chi connectivity index (χ1n) is 8.24. The Morgan fingerprint density at radius 1 is 0.714 bits per heavy atom. The lowest BCUT2D eigenvalue weighted by atomic mass is 10.1. The maximum atomic E-state index is 8.68. The Morgan fingerprint density at radius 3 is 1.71 bits per heavy atom. The fraction of sp³-hybridized carbons (Fsp3) is 0.667. The lowest BCUT2D eigenvalue weighted by molar-refractivity contribution is 0.282. The molecule has 0 aromatic heterocycles. The number of methoxy groups -OCH3 is 1. The van der Waals surface area contributed by atoms with Gasteiger partial charge < -0.3 is 14.6 Å².